The molecule has 1 atom stereocenters. The molecule has 0 amide bonds. The number of aliphatic hydroxyl groups excluding tert-OH is 1. The maximum atomic E-state index is 13.5. The standard InChI is InChI=1S/C13H21F2N3O/c1-13(2,3)6-8(19)7-17-12-10(15)5-9(14)11(16-4)18-12/h5,8,19H,6-7H2,1-4H3,(H2,16,17,18). The Morgan fingerprint density at radius 1 is 1.26 bits per heavy atom. The Morgan fingerprint density at radius 3 is 2.37 bits per heavy atom. The number of nitrogens with one attached hydrogen (secondary N) is 2. The minimum Gasteiger partial charge on any atom is -0.391 e. The third-order valence-corrected chi connectivity index (χ3v) is 2.52. The zero-order chi connectivity index (χ0) is 14.6. The molecule has 0 aliphatic rings. The van der Waals surface area contributed by atoms with Crippen molar-refractivity contribution in [1.29, 1.82) is 0 Å². The molecule has 1 rings (SSSR count). The average Bonchev–Trinajstić information content (AvgIpc) is 2.25. The van der Waals surface area contributed by atoms with E-state index in [1.807, 2.05) is 20.8 Å². The van der Waals surface area contributed by atoms with Gasteiger partial charge in [0.15, 0.2) is 23.3 Å². The van der Waals surface area contributed by atoms with E-state index in [-0.39, 0.29) is 23.6 Å². The summed E-state index contributed by atoms with van der Waals surface area (Å²) in [6.45, 7) is 6.18. The SMILES string of the molecule is CNc1nc(NCC(O)CC(C)(C)C)c(F)cc1F. The molecule has 0 saturated heterocycles. The first-order valence-corrected chi connectivity index (χ1v) is 6.18. The first kappa shape index (κ1) is 15.6. The molecule has 3 N–H and O–H groups in total. The van der Waals surface area contributed by atoms with Gasteiger partial charge in [0.25, 0.3) is 0 Å². The van der Waals surface area contributed by atoms with Crippen molar-refractivity contribution in [2.75, 3.05) is 24.2 Å². The maximum absolute atomic E-state index is 13.5. The van der Waals surface area contributed by atoms with Crippen LogP contribution >= 0.6 is 0 Å². The van der Waals surface area contributed by atoms with Crippen LogP contribution in [-0.4, -0.2) is 29.8 Å². The fourth-order valence-electron chi connectivity index (χ4n) is 1.76. The van der Waals surface area contributed by atoms with Crippen molar-refractivity contribution >= 4 is 11.6 Å². The zero-order valence-electron chi connectivity index (χ0n) is 11.7. The quantitative estimate of drug-likeness (QED) is 0.772. The van der Waals surface area contributed by atoms with Gasteiger partial charge in [0.2, 0.25) is 0 Å². The Hall–Kier alpha value is -1.43. The monoisotopic (exact) mass is 273 g/mol. The van der Waals surface area contributed by atoms with Gasteiger partial charge >= 0.3 is 0 Å². The summed E-state index contributed by atoms with van der Waals surface area (Å²) < 4.78 is 26.7. The number of hydrogen-bond acceptors (Lipinski definition) is 4. The molecule has 0 radical (unpaired) electrons. The third-order valence-electron chi connectivity index (χ3n) is 2.52. The normalized spacial score (nSPS) is 13.2. The smallest absolute Gasteiger partial charge is 0.168 e. The topological polar surface area (TPSA) is 57.2 Å². The molecular formula is C13H21F2N3O. The van der Waals surface area contributed by atoms with Crippen LogP contribution in [-0.2, 0) is 0 Å². The highest BCUT2D eigenvalue weighted by molar-refractivity contribution is 5.47. The van der Waals surface area contributed by atoms with Crippen LogP contribution in [0.15, 0.2) is 6.07 Å². The van der Waals surface area contributed by atoms with Crippen molar-refractivity contribution in [3.05, 3.63) is 17.7 Å². The van der Waals surface area contributed by atoms with Crippen molar-refractivity contribution in [2.24, 2.45) is 5.41 Å². The van der Waals surface area contributed by atoms with Gasteiger partial charge in [0, 0.05) is 19.7 Å². The number of aliphatic hydroxyl groups is 1. The number of rotatable bonds is 5. The Bertz CT molecular complexity index is 433. The average molecular weight is 273 g/mol. The molecule has 1 unspecified atom stereocenters. The summed E-state index contributed by atoms with van der Waals surface area (Å²) in [5.74, 6) is -1.63. The minimum absolute atomic E-state index is 0.0218. The van der Waals surface area contributed by atoms with Crippen LogP contribution in [0.1, 0.15) is 27.2 Å². The molecule has 0 spiro atoms. The van der Waals surface area contributed by atoms with Crippen molar-refractivity contribution in [3.63, 3.8) is 0 Å². The molecule has 1 aromatic rings. The van der Waals surface area contributed by atoms with Gasteiger partial charge in [-0.25, -0.2) is 13.8 Å². The highest BCUT2D eigenvalue weighted by Crippen LogP contribution is 2.22. The number of pyridine rings is 1. The van der Waals surface area contributed by atoms with E-state index in [9.17, 15) is 13.9 Å². The second kappa shape index (κ2) is 6.14. The highest BCUT2D eigenvalue weighted by Gasteiger charge is 2.17. The molecule has 0 saturated carbocycles. The highest BCUT2D eigenvalue weighted by atomic mass is 19.1. The van der Waals surface area contributed by atoms with Crippen LogP contribution in [0.4, 0.5) is 20.4 Å². The van der Waals surface area contributed by atoms with Gasteiger partial charge in [-0.3, -0.25) is 0 Å². The Balaban J connectivity index is 2.67. The summed E-state index contributed by atoms with van der Waals surface area (Å²) in [6, 6.07) is 0.761. The summed E-state index contributed by atoms with van der Waals surface area (Å²) >= 11 is 0. The van der Waals surface area contributed by atoms with E-state index in [1.165, 1.54) is 7.05 Å². The number of halogens is 2. The Labute approximate surface area is 112 Å². The van der Waals surface area contributed by atoms with Gasteiger partial charge in [-0.1, -0.05) is 20.8 Å². The summed E-state index contributed by atoms with van der Waals surface area (Å²) in [6.07, 6.45) is -0.0499. The molecular weight excluding hydrogens is 252 g/mol. The lowest BCUT2D eigenvalue weighted by molar-refractivity contribution is 0.132. The molecule has 0 aromatic carbocycles. The first-order chi connectivity index (χ1) is 8.73. The van der Waals surface area contributed by atoms with E-state index in [1.54, 1.807) is 0 Å². The summed E-state index contributed by atoms with van der Waals surface area (Å²) in [5.41, 5.74) is -0.0218. The predicted molar refractivity (Wildman–Crippen MR) is 72.3 cm³/mol. The van der Waals surface area contributed by atoms with Crippen LogP contribution in [0, 0.1) is 17.0 Å². The van der Waals surface area contributed by atoms with E-state index >= 15 is 0 Å². The lowest BCUT2D eigenvalue weighted by atomic mass is 9.89. The van der Waals surface area contributed by atoms with E-state index in [4.69, 9.17) is 0 Å². The molecule has 108 valence electrons. The molecule has 6 heteroatoms. The van der Waals surface area contributed by atoms with E-state index in [0.717, 1.165) is 6.07 Å². The van der Waals surface area contributed by atoms with Crippen molar-refractivity contribution in [3.8, 4) is 0 Å². The Kier molecular flexibility index (Phi) is 5.05. The van der Waals surface area contributed by atoms with Crippen LogP contribution in [0.5, 0.6) is 0 Å². The van der Waals surface area contributed by atoms with Crippen LogP contribution in [0.3, 0.4) is 0 Å². The minimum atomic E-state index is -0.778. The molecule has 0 bridgehead atoms. The van der Waals surface area contributed by atoms with E-state index in [0.29, 0.717) is 6.42 Å². The van der Waals surface area contributed by atoms with E-state index in [2.05, 4.69) is 15.6 Å². The molecule has 0 aliphatic heterocycles. The van der Waals surface area contributed by atoms with Crippen LogP contribution in [0.25, 0.3) is 0 Å². The number of anilines is 2. The number of hydrogen-bond donors (Lipinski definition) is 3. The van der Waals surface area contributed by atoms with Gasteiger partial charge < -0.3 is 15.7 Å². The van der Waals surface area contributed by atoms with Gasteiger partial charge in [0.1, 0.15) is 0 Å². The summed E-state index contributed by atoms with van der Waals surface area (Å²) in [5, 5.41) is 15.0. The zero-order valence-corrected chi connectivity index (χ0v) is 11.7. The lowest BCUT2D eigenvalue weighted by Crippen LogP contribution is -2.25. The third kappa shape index (κ3) is 4.98. The predicted octanol–water partition coefficient (Wildman–Crippen LogP) is 2.61. The maximum Gasteiger partial charge on any atom is 0.168 e. The number of aromatic nitrogens is 1. The van der Waals surface area contributed by atoms with Crippen LogP contribution < -0.4 is 10.6 Å². The summed E-state index contributed by atoms with van der Waals surface area (Å²) in [7, 11) is 1.50. The molecule has 1 aromatic heterocycles. The van der Waals surface area contributed by atoms with Crippen molar-refractivity contribution in [2.45, 2.75) is 33.3 Å². The van der Waals surface area contributed by atoms with Gasteiger partial charge in [-0.15, -0.1) is 0 Å². The second-order valence-corrected chi connectivity index (χ2v) is 5.70. The largest absolute Gasteiger partial charge is 0.391 e. The lowest BCUT2D eigenvalue weighted by Gasteiger charge is -2.22. The first-order valence-electron chi connectivity index (χ1n) is 6.18. The number of nitrogens with zero attached hydrogens (tertiary/aromatic N) is 1. The van der Waals surface area contributed by atoms with Crippen LogP contribution in [0.2, 0.25) is 0 Å². The van der Waals surface area contributed by atoms with Crippen molar-refractivity contribution < 1.29 is 13.9 Å². The van der Waals surface area contributed by atoms with E-state index < -0.39 is 17.7 Å². The molecule has 0 fully saturated rings. The van der Waals surface area contributed by atoms with Crippen molar-refractivity contribution in [1.82, 2.24) is 4.98 Å². The summed E-state index contributed by atoms with van der Waals surface area (Å²) in [4.78, 5) is 3.78. The molecule has 1 heterocycles. The Morgan fingerprint density at radius 2 is 1.84 bits per heavy atom. The molecule has 4 nitrogen and oxygen atoms in total. The van der Waals surface area contributed by atoms with Gasteiger partial charge in [-0.05, 0) is 11.8 Å². The fraction of sp³-hybridized carbons (Fsp3) is 0.615. The van der Waals surface area contributed by atoms with Gasteiger partial charge in [0.05, 0.1) is 6.10 Å². The second-order valence-electron chi connectivity index (χ2n) is 5.70. The molecule has 0 aliphatic carbocycles. The van der Waals surface area contributed by atoms with Gasteiger partial charge in [-0.2, -0.15) is 0 Å². The fourth-order valence-corrected chi connectivity index (χ4v) is 1.76. The molecule has 19 heavy (non-hydrogen) atoms.